The van der Waals surface area contributed by atoms with Crippen LogP contribution in [0.15, 0.2) is 0 Å². The van der Waals surface area contributed by atoms with Gasteiger partial charge < -0.3 is 39.9 Å². The van der Waals surface area contributed by atoms with Crippen molar-refractivity contribution in [2.45, 2.75) is 58.3 Å². The van der Waals surface area contributed by atoms with Crippen LogP contribution in [0.25, 0.3) is 0 Å². The fraction of sp³-hybridized carbons (Fsp3) is 1.00. The van der Waals surface area contributed by atoms with Gasteiger partial charge in [0.25, 0.3) is 0 Å². The van der Waals surface area contributed by atoms with Gasteiger partial charge in [-0.2, -0.15) is 8.42 Å². The van der Waals surface area contributed by atoms with Gasteiger partial charge in [0.2, 0.25) is 0 Å². The molecule has 2 fully saturated rings. The van der Waals surface area contributed by atoms with Crippen molar-refractivity contribution in [3.05, 3.63) is 0 Å². The molecule has 2 aliphatic rings. The molecule has 0 bridgehead atoms. The summed E-state index contributed by atoms with van der Waals surface area (Å²) >= 11 is 16.5. The van der Waals surface area contributed by atoms with E-state index in [2.05, 4.69) is 29.0 Å². The maximum absolute atomic E-state index is 9.22. The molecular weight excluding hydrogens is 613 g/mol. The number of hydrogen-bond acceptors (Lipinski definition) is 10. The topological polar surface area (TPSA) is 176 Å². The summed E-state index contributed by atoms with van der Waals surface area (Å²) in [6, 6.07) is 0. The standard InChI is InChI=1S/C8H18ClNO2.C8H16ClNO.C5H13NO.C3H5ClO.H2O4S/c1-2-10(4-3-5-11)7-8(12)6-9;1-2-10-4-3-5-11-8(6-9)7-10;1-2-6-4-3-5-7;4-1-3-2-5-3;1-5(2,3)4/h8,11-12H,2-7H2,1H3;8H,2-7H2,1H3;6-7H,2-5H2,1H3;3H,1-2H2;(H2,1,2,3,4). The number of rotatable bonds is 14. The van der Waals surface area contributed by atoms with Crippen molar-refractivity contribution < 1.29 is 42.3 Å². The lowest BCUT2D eigenvalue weighted by molar-refractivity contribution is 0.0708. The summed E-state index contributed by atoms with van der Waals surface area (Å²) in [7, 11) is -4.67. The number of halogens is 3. The van der Waals surface area contributed by atoms with Crippen LogP contribution in [-0.4, -0.2) is 157 Å². The van der Waals surface area contributed by atoms with Crippen LogP contribution in [0, 0.1) is 0 Å². The van der Waals surface area contributed by atoms with E-state index in [1.165, 1.54) is 0 Å². The molecule has 0 aromatic heterocycles. The Morgan fingerprint density at radius 1 is 1.02 bits per heavy atom. The molecule has 40 heavy (non-hydrogen) atoms. The number of nitrogens with zero attached hydrogens (tertiary/aromatic N) is 2. The number of aliphatic hydroxyl groups excluding tert-OH is 3. The first kappa shape index (κ1) is 44.9. The van der Waals surface area contributed by atoms with E-state index in [0.29, 0.717) is 31.0 Å². The van der Waals surface area contributed by atoms with E-state index < -0.39 is 16.5 Å². The lowest BCUT2D eigenvalue weighted by Crippen LogP contribution is -2.34. The van der Waals surface area contributed by atoms with Crippen molar-refractivity contribution in [3.8, 4) is 0 Å². The van der Waals surface area contributed by atoms with Gasteiger partial charge in [-0.1, -0.05) is 20.8 Å². The van der Waals surface area contributed by atoms with E-state index in [1.807, 2.05) is 6.92 Å². The highest BCUT2D eigenvalue weighted by Gasteiger charge is 2.19. The van der Waals surface area contributed by atoms with Crippen LogP contribution in [0.2, 0.25) is 0 Å². The molecule has 0 aromatic rings. The fourth-order valence-electron chi connectivity index (χ4n) is 2.91. The number of ether oxygens (including phenoxy) is 2. The number of nitrogens with one attached hydrogen (secondary N) is 1. The predicted molar refractivity (Wildman–Crippen MR) is 163 cm³/mol. The second-order valence-electron chi connectivity index (χ2n) is 8.66. The van der Waals surface area contributed by atoms with E-state index >= 15 is 0 Å². The highest BCUT2D eigenvalue weighted by molar-refractivity contribution is 7.79. The van der Waals surface area contributed by atoms with Gasteiger partial charge in [0.05, 0.1) is 30.8 Å². The second kappa shape index (κ2) is 32.3. The van der Waals surface area contributed by atoms with Crippen molar-refractivity contribution in [3.63, 3.8) is 0 Å². The summed E-state index contributed by atoms with van der Waals surface area (Å²) in [5, 5.41) is 29.2. The van der Waals surface area contributed by atoms with E-state index in [1.54, 1.807) is 0 Å². The number of epoxide rings is 1. The van der Waals surface area contributed by atoms with E-state index in [-0.39, 0.29) is 18.6 Å². The Balaban J connectivity index is -0.000000448. The molecule has 0 radical (unpaired) electrons. The molecule has 0 amide bonds. The molecule has 16 heteroatoms. The maximum atomic E-state index is 9.22. The van der Waals surface area contributed by atoms with Crippen LogP contribution < -0.4 is 5.32 Å². The molecule has 0 spiro atoms. The van der Waals surface area contributed by atoms with Gasteiger partial charge in [0, 0.05) is 57.8 Å². The van der Waals surface area contributed by atoms with Crippen LogP contribution in [0.3, 0.4) is 0 Å². The van der Waals surface area contributed by atoms with E-state index in [9.17, 15) is 5.11 Å². The van der Waals surface area contributed by atoms with Gasteiger partial charge in [0.15, 0.2) is 0 Å². The van der Waals surface area contributed by atoms with Crippen molar-refractivity contribution in [2.75, 3.05) is 96.4 Å². The van der Waals surface area contributed by atoms with Gasteiger partial charge in [-0.25, -0.2) is 0 Å². The summed E-state index contributed by atoms with van der Waals surface area (Å²) in [6.07, 6.45) is 2.96. The lowest BCUT2D eigenvalue weighted by atomic mass is 10.3. The third-order valence-corrected chi connectivity index (χ3v) is 6.16. The van der Waals surface area contributed by atoms with Crippen LogP contribution in [0.5, 0.6) is 0 Å². The maximum Gasteiger partial charge on any atom is 0.394 e. The van der Waals surface area contributed by atoms with Crippen LogP contribution in [0.1, 0.15) is 40.0 Å². The lowest BCUT2D eigenvalue weighted by Gasteiger charge is -2.21. The number of alkyl halides is 3. The van der Waals surface area contributed by atoms with Gasteiger partial charge in [-0.15, -0.1) is 34.8 Å². The third-order valence-electron chi connectivity index (χ3n) is 5.12. The largest absolute Gasteiger partial charge is 0.396 e. The van der Waals surface area contributed by atoms with Gasteiger partial charge in [-0.05, 0) is 45.4 Å². The van der Waals surface area contributed by atoms with E-state index in [4.69, 9.17) is 72.0 Å². The molecule has 6 N–H and O–H groups in total. The third kappa shape index (κ3) is 40.6. The molecule has 12 nitrogen and oxygen atoms in total. The normalized spacial score (nSPS) is 19.3. The van der Waals surface area contributed by atoms with Gasteiger partial charge >= 0.3 is 10.4 Å². The zero-order chi connectivity index (χ0) is 31.2. The minimum absolute atomic E-state index is 0.202. The van der Waals surface area contributed by atoms with Gasteiger partial charge in [-0.3, -0.25) is 9.11 Å². The van der Waals surface area contributed by atoms with Crippen LogP contribution >= 0.6 is 34.8 Å². The summed E-state index contributed by atoms with van der Waals surface area (Å²) in [4.78, 5) is 4.46. The van der Waals surface area contributed by atoms with Gasteiger partial charge in [0.1, 0.15) is 0 Å². The summed E-state index contributed by atoms with van der Waals surface area (Å²) < 4.78 is 41.8. The molecular formula is C24H54Cl3N3O9S. The molecule has 2 rings (SSSR count). The number of hydrogen-bond donors (Lipinski definition) is 6. The molecule has 0 aliphatic carbocycles. The predicted octanol–water partition coefficient (Wildman–Crippen LogP) is 1.58. The monoisotopic (exact) mass is 665 g/mol. The van der Waals surface area contributed by atoms with Crippen molar-refractivity contribution in [1.29, 1.82) is 0 Å². The summed E-state index contributed by atoms with van der Waals surface area (Å²) in [5.41, 5.74) is 0. The molecule has 0 aromatic carbocycles. The Bertz CT molecular complexity index is 589. The first-order valence-electron chi connectivity index (χ1n) is 13.6. The highest BCUT2D eigenvalue weighted by Crippen LogP contribution is 2.08. The molecule has 3 unspecified atom stereocenters. The highest BCUT2D eigenvalue weighted by atomic mass is 35.5. The number of likely N-dealkylation sites (N-methyl/N-ethyl adjacent to an activating group) is 2. The fourth-order valence-corrected chi connectivity index (χ4v) is 3.37. The second-order valence-corrected chi connectivity index (χ2v) is 10.5. The molecule has 2 heterocycles. The first-order chi connectivity index (χ1) is 18.9. The summed E-state index contributed by atoms with van der Waals surface area (Å²) in [6.45, 7) is 16.0. The molecule has 2 saturated heterocycles. The SMILES string of the molecule is CCN(CCCO)CC(O)CCl.CCN1CCCOC(CCl)C1.CCNCCCO.ClCC1CO1.O=S(=O)(O)O. The Kier molecular flexibility index (Phi) is 36.3. The average molecular weight is 667 g/mol. The first-order valence-corrected chi connectivity index (χ1v) is 16.6. The smallest absolute Gasteiger partial charge is 0.394 e. The van der Waals surface area contributed by atoms with Crippen LogP contribution in [-0.2, 0) is 19.9 Å². The number of aliphatic hydroxyl groups is 3. The minimum Gasteiger partial charge on any atom is -0.396 e. The Morgan fingerprint density at radius 2 is 1.60 bits per heavy atom. The summed E-state index contributed by atoms with van der Waals surface area (Å²) in [5.74, 6) is 1.56. The molecule has 246 valence electrons. The minimum atomic E-state index is -4.67. The molecule has 2 aliphatic heterocycles. The Labute approximate surface area is 256 Å². The molecule has 0 saturated carbocycles. The zero-order valence-corrected chi connectivity index (χ0v) is 27.3. The zero-order valence-electron chi connectivity index (χ0n) is 24.3. The average Bonchev–Trinajstić information content (AvgIpc) is 3.78. The molecule has 3 atom stereocenters. The van der Waals surface area contributed by atoms with E-state index in [0.717, 1.165) is 78.3 Å². The van der Waals surface area contributed by atoms with Crippen molar-refractivity contribution in [2.24, 2.45) is 0 Å². The quantitative estimate of drug-likeness (QED) is 0.0684. The van der Waals surface area contributed by atoms with Crippen molar-refractivity contribution in [1.82, 2.24) is 15.1 Å². The Morgan fingerprint density at radius 3 is 1.98 bits per heavy atom. The van der Waals surface area contributed by atoms with Crippen LogP contribution in [0.4, 0.5) is 0 Å². The van der Waals surface area contributed by atoms with Crippen molar-refractivity contribution >= 4 is 45.2 Å². The Hall–Kier alpha value is 0.420.